The number of amides is 3. The molecule has 0 spiro atoms. The molecule has 0 unspecified atom stereocenters. The third kappa shape index (κ3) is 8.97. The van der Waals surface area contributed by atoms with Gasteiger partial charge in [-0.1, -0.05) is 30.7 Å². The van der Waals surface area contributed by atoms with Gasteiger partial charge in [0.25, 0.3) is 11.8 Å². The van der Waals surface area contributed by atoms with Crippen molar-refractivity contribution in [2.75, 3.05) is 88.6 Å². The lowest BCUT2D eigenvalue weighted by molar-refractivity contribution is -0.137. The number of nitrogens with one attached hydrogen (secondary N) is 2. The fraction of sp³-hybridized carbons (Fsp3) is 0.417. The van der Waals surface area contributed by atoms with E-state index in [9.17, 15) is 27.6 Å². The molecule has 0 bridgehead atoms. The Morgan fingerprint density at radius 2 is 1.81 bits per heavy atom. The van der Waals surface area contributed by atoms with Gasteiger partial charge in [-0.2, -0.15) is 18.3 Å². The minimum atomic E-state index is -4.57. The Labute approximate surface area is 317 Å². The molecule has 0 saturated carbocycles. The maximum Gasteiger partial charge on any atom is 0.416 e. The van der Waals surface area contributed by atoms with Crippen molar-refractivity contribution in [3.8, 4) is 0 Å². The number of halogens is 4. The number of carbonyl (C=O) groups is 3. The fourth-order valence-corrected chi connectivity index (χ4v) is 6.87. The van der Waals surface area contributed by atoms with Gasteiger partial charge in [0.1, 0.15) is 12.4 Å². The van der Waals surface area contributed by atoms with Crippen LogP contribution in [0.15, 0.2) is 69.5 Å². The van der Waals surface area contributed by atoms with Crippen molar-refractivity contribution in [3.05, 3.63) is 75.6 Å². The molecule has 4 heterocycles. The van der Waals surface area contributed by atoms with E-state index < -0.39 is 17.6 Å². The lowest BCUT2D eigenvalue weighted by Gasteiger charge is -2.43. The van der Waals surface area contributed by atoms with Gasteiger partial charge in [-0.05, 0) is 55.5 Å². The summed E-state index contributed by atoms with van der Waals surface area (Å²) in [6.07, 6.45) is -1.06. The van der Waals surface area contributed by atoms with E-state index >= 15 is 0 Å². The lowest BCUT2D eigenvalue weighted by atomic mass is 10.1. The van der Waals surface area contributed by atoms with E-state index in [0.29, 0.717) is 49.6 Å². The number of piperazine rings is 1. The van der Waals surface area contributed by atoms with Crippen molar-refractivity contribution in [2.45, 2.75) is 25.9 Å². The first kappa shape index (κ1) is 40.1. The summed E-state index contributed by atoms with van der Waals surface area (Å²) in [4.78, 5) is 49.2. The zero-order chi connectivity index (χ0) is 39.2. The molecule has 2 aromatic carbocycles. The summed E-state index contributed by atoms with van der Waals surface area (Å²) in [7, 11) is 3.71. The molecular weight excluding hydrogens is 729 g/mol. The topological polar surface area (TPSA) is 129 Å². The molecule has 2 aromatic rings. The molecule has 0 aliphatic carbocycles. The monoisotopic (exact) mass is 772 g/mol. The summed E-state index contributed by atoms with van der Waals surface area (Å²) >= 11 is 6.03. The standard InChI is InChI=1S/C29H33ClF3N9O3.C7H11NO/c1-5-22-26(39-11-13-40(14-12-39)27(44)19-7-6-8-23-25(19)38(4)36-37(23)3)28(45)42(34-2)17-41(22)16-24(43)35-21-10-9-18(15-20(21)30)29(31,32)33;1-8-6-7-2-4-9-5-3-7/h6-10,15,36H,2,5,11-14,16-17H2,1,3-4H3,(H,35,43);2H,1,3-6H2. The van der Waals surface area contributed by atoms with Crippen LogP contribution in [0.4, 0.5) is 30.2 Å². The number of hydrazone groups is 1. The van der Waals surface area contributed by atoms with Gasteiger partial charge in [-0.15, -0.1) is 5.53 Å². The van der Waals surface area contributed by atoms with Gasteiger partial charge in [0.05, 0.1) is 59.5 Å². The summed E-state index contributed by atoms with van der Waals surface area (Å²) < 4.78 is 44.2. The number of alkyl halides is 3. The van der Waals surface area contributed by atoms with Crippen LogP contribution in [0.3, 0.4) is 0 Å². The van der Waals surface area contributed by atoms with Gasteiger partial charge in [-0.25, -0.2) is 5.01 Å². The maximum atomic E-state index is 13.6. The third-order valence-electron chi connectivity index (χ3n) is 9.30. The van der Waals surface area contributed by atoms with Crippen molar-refractivity contribution in [1.29, 1.82) is 0 Å². The maximum absolute atomic E-state index is 13.6. The van der Waals surface area contributed by atoms with Gasteiger partial charge in [0, 0.05) is 52.7 Å². The second kappa shape index (κ2) is 17.3. The zero-order valence-electron chi connectivity index (χ0n) is 30.5. The molecule has 54 heavy (non-hydrogen) atoms. The van der Waals surface area contributed by atoms with E-state index in [2.05, 4.69) is 40.5 Å². The highest BCUT2D eigenvalue weighted by Crippen LogP contribution is 2.36. The molecule has 290 valence electrons. The Hall–Kier alpha value is -5.13. The first-order valence-electron chi connectivity index (χ1n) is 17.3. The number of carbonyl (C=O) groups excluding carboxylic acids is 3. The second-order valence-corrected chi connectivity index (χ2v) is 13.2. The van der Waals surface area contributed by atoms with E-state index in [-0.39, 0.29) is 35.7 Å². The molecule has 0 radical (unpaired) electrons. The van der Waals surface area contributed by atoms with Gasteiger partial charge in [0.2, 0.25) is 5.91 Å². The first-order valence-corrected chi connectivity index (χ1v) is 17.7. The number of hydrogen-bond donors (Lipinski definition) is 2. The number of aliphatic imine (C=N–C) groups is 1. The van der Waals surface area contributed by atoms with Crippen LogP contribution in [0.5, 0.6) is 0 Å². The van der Waals surface area contributed by atoms with Crippen molar-refractivity contribution >= 4 is 59.8 Å². The first-order chi connectivity index (χ1) is 25.8. The predicted molar refractivity (Wildman–Crippen MR) is 202 cm³/mol. The van der Waals surface area contributed by atoms with Gasteiger partial charge in [0.15, 0.2) is 0 Å². The third-order valence-corrected chi connectivity index (χ3v) is 9.62. The molecule has 18 heteroatoms. The Kier molecular flexibility index (Phi) is 12.9. The lowest BCUT2D eigenvalue weighted by Crippen LogP contribution is -2.54. The molecule has 4 aliphatic heterocycles. The van der Waals surface area contributed by atoms with E-state index in [1.807, 2.05) is 43.1 Å². The van der Waals surface area contributed by atoms with Crippen molar-refractivity contribution in [3.63, 3.8) is 0 Å². The number of allylic oxidation sites excluding steroid dienone is 1. The van der Waals surface area contributed by atoms with Crippen molar-refractivity contribution in [2.24, 2.45) is 10.1 Å². The van der Waals surface area contributed by atoms with Crippen LogP contribution < -0.4 is 20.9 Å². The molecule has 1 saturated heterocycles. The largest absolute Gasteiger partial charge is 0.416 e. The average molecular weight is 773 g/mol. The number of hydrogen-bond acceptors (Lipinski definition) is 11. The van der Waals surface area contributed by atoms with Crippen molar-refractivity contribution < 1.29 is 32.3 Å². The number of rotatable bonds is 9. The molecule has 0 atom stereocenters. The summed E-state index contributed by atoms with van der Waals surface area (Å²) in [5, 5.41) is 10.9. The Bertz CT molecular complexity index is 1830. The Morgan fingerprint density at radius 3 is 2.43 bits per heavy atom. The SMILES string of the molecule is C=NCC1=CCOCC1.C=NN1CN(CC(=O)Nc2ccc(C(F)(F)F)cc2Cl)C(CC)=C(N2CCN(C(=O)c3cccc4c3N(C)NN4C)CC2)C1=O. The molecule has 3 amide bonds. The van der Waals surface area contributed by atoms with E-state index in [1.54, 1.807) is 20.9 Å². The minimum absolute atomic E-state index is 0.0298. The number of benzene rings is 2. The second-order valence-electron chi connectivity index (χ2n) is 12.8. The zero-order valence-corrected chi connectivity index (χ0v) is 31.2. The van der Waals surface area contributed by atoms with Crippen LogP contribution in [0.2, 0.25) is 5.02 Å². The normalized spacial score (nSPS) is 17.5. The smallest absolute Gasteiger partial charge is 0.377 e. The number of fused-ring (bicyclic) bond motifs is 1. The van der Waals surface area contributed by atoms with Gasteiger partial charge >= 0.3 is 6.18 Å². The average Bonchev–Trinajstić information content (AvgIpc) is 3.45. The molecule has 4 aliphatic rings. The van der Waals surface area contributed by atoms with Gasteiger partial charge in [-0.3, -0.25) is 29.4 Å². The fourth-order valence-electron chi connectivity index (χ4n) is 6.64. The molecule has 2 N–H and O–H groups in total. The van der Waals surface area contributed by atoms with Crippen molar-refractivity contribution in [1.82, 2.24) is 25.2 Å². The highest BCUT2D eigenvalue weighted by Gasteiger charge is 2.38. The number of nitrogens with zero attached hydrogens (tertiary/aromatic N) is 8. The summed E-state index contributed by atoms with van der Waals surface area (Å²) in [6, 6.07) is 8.24. The van der Waals surface area contributed by atoms with Crippen LogP contribution in [-0.2, 0) is 20.5 Å². The number of hydrazine groups is 2. The minimum Gasteiger partial charge on any atom is -0.377 e. The summed E-state index contributed by atoms with van der Waals surface area (Å²) in [5.74, 6) is -1.04. The predicted octanol–water partition coefficient (Wildman–Crippen LogP) is 4.43. The number of ether oxygens (including phenoxy) is 1. The number of para-hydroxylation sites is 1. The molecular formula is C36H44ClF3N10O4. The van der Waals surface area contributed by atoms with E-state index in [4.69, 9.17) is 16.3 Å². The molecule has 0 aromatic heterocycles. The van der Waals surface area contributed by atoms with E-state index in [1.165, 1.54) is 5.57 Å². The highest BCUT2D eigenvalue weighted by molar-refractivity contribution is 6.33. The quantitative estimate of drug-likeness (QED) is 0.281. The van der Waals surface area contributed by atoms with E-state index in [0.717, 1.165) is 60.8 Å². The Balaban J connectivity index is 0.000000546. The summed E-state index contributed by atoms with van der Waals surface area (Å²) in [6.45, 7) is 12.4. The van der Waals surface area contributed by atoms with Crippen LogP contribution in [0, 0.1) is 0 Å². The Morgan fingerprint density at radius 1 is 1.07 bits per heavy atom. The van der Waals surface area contributed by atoms with Crippen LogP contribution in [-0.4, -0.2) is 124 Å². The van der Waals surface area contributed by atoms with Crippen LogP contribution in [0.25, 0.3) is 0 Å². The van der Waals surface area contributed by atoms with Gasteiger partial charge < -0.3 is 24.8 Å². The number of anilines is 3. The summed E-state index contributed by atoms with van der Waals surface area (Å²) in [5.41, 5.74) is 6.79. The molecule has 14 nitrogen and oxygen atoms in total. The van der Waals surface area contributed by atoms with Crippen LogP contribution >= 0.6 is 11.6 Å². The molecule has 6 rings (SSSR count). The van der Waals surface area contributed by atoms with Crippen LogP contribution in [0.1, 0.15) is 35.7 Å². The highest BCUT2D eigenvalue weighted by atomic mass is 35.5. The molecule has 1 fully saturated rings.